The number of hydrogen-bond donors (Lipinski definition) is 2. The van der Waals surface area contributed by atoms with E-state index < -0.39 is 0 Å². The lowest BCUT2D eigenvalue weighted by atomic mass is 9.71. The average molecular weight is 570 g/mol. The van der Waals surface area contributed by atoms with Gasteiger partial charge in [-0.25, -0.2) is 0 Å². The van der Waals surface area contributed by atoms with Crippen LogP contribution in [-0.2, 0) is 22.7 Å². The fourth-order valence-corrected chi connectivity index (χ4v) is 6.09. The second kappa shape index (κ2) is 11.1. The first kappa shape index (κ1) is 31.6. The number of nitrogens with zero attached hydrogens (tertiary/aromatic N) is 3. The molecule has 5 heteroatoms. The highest BCUT2D eigenvalue weighted by Gasteiger charge is 2.31. The molecule has 0 unspecified atom stereocenters. The molecule has 0 aliphatic heterocycles. The van der Waals surface area contributed by atoms with Crippen LogP contribution in [0.2, 0.25) is 0 Å². The number of aromatic hydroxyl groups is 2. The number of phenolic OH excluding ortho intramolecular Hbond substituents is 2. The Bertz CT molecular complexity index is 1550. The molecule has 5 nitrogen and oxygen atoms in total. The Kier molecular flexibility index (Phi) is 8.32. The highest BCUT2D eigenvalue weighted by atomic mass is 16.3. The van der Waals surface area contributed by atoms with Crippen molar-refractivity contribution in [1.29, 1.82) is 0 Å². The van der Waals surface area contributed by atoms with Crippen LogP contribution in [0, 0.1) is 5.41 Å². The van der Waals surface area contributed by atoms with Gasteiger partial charge in [-0.1, -0.05) is 106 Å². The van der Waals surface area contributed by atoms with Crippen LogP contribution in [0.25, 0.3) is 16.7 Å². The van der Waals surface area contributed by atoms with Crippen LogP contribution < -0.4 is 0 Å². The molecule has 1 aromatic heterocycles. The second-order valence-corrected chi connectivity index (χ2v) is 15.3. The molecule has 0 bridgehead atoms. The normalized spacial score (nSPS) is 13.2. The lowest BCUT2D eigenvalue weighted by Crippen LogP contribution is -2.25. The number of benzene rings is 3. The van der Waals surface area contributed by atoms with E-state index in [4.69, 9.17) is 10.2 Å². The minimum atomic E-state index is -0.193. The first-order valence-corrected chi connectivity index (χ1v) is 15.4. The lowest BCUT2D eigenvalue weighted by molar-refractivity contribution is 0.284. The molecule has 4 rings (SSSR count). The maximum atomic E-state index is 11.8. The summed E-state index contributed by atoms with van der Waals surface area (Å²) >= 11 is 0. The van der Waals surface area contributed by atoms with Gasteiger partial charge in [0.2, 0.25) is 0 Å². The molecule has 42 heavy (non-hydrogen) atoms. The molecule has 0 aliphatic carbocycles. The summed E-state index contributed by atoms with van der Waals surface area (Å²) in [5, 5.41) is 33.0. The standard InChI is InChI=1S/C37H51N3O2/c1-12-35(6,7)26-19-24(32(41)28(21-26)36(8,9)13-2)18-25-20-27(37(10,11)23-34(3,4)5)22-31(33(25)42)40-38-29-16-14-15-17-30(29)39-40/h14-17,19-22,41-42H,12-13,18,23H2,1-11H3. The molecular formula is C37H51N3O2. The molecule has 0 saturated carbocycles. The van der Waals surface area contributed by atoms with Gasteiger partial charge in [0.1, 0.15) is 28.2 Å². The SMILES string of the molecule is CCC(C)(C)c1cc(Cc2cc(C(C)(C)CC(C)(C)C)cc(-n3nc4ccccc4n3)c2O)c(O)c(C(C)(C)CC)c1. The van der Waals surface area contributed by atoms with Crippen LogP contribution in [0.15, 0.2) is 48.5 Å². The summed E-state index contributed by atoms with van der Waals surface area (Å²) in [5.74, 6) is 0.460. The number of rotatable bonds is 9. The minimum Gasteiger partial charge on any atom is -0.507 e. The topological polar surface area (TPSA) is 71.2 Å². The van der Waals surface area contributed by atoms with Gasteiger partial charge < -0.3 is 10.2 Å². The maximum absolute atomic E-state index is 11.8. The predicted molar refractivity (Wildman–Crippen MR) is 175 cm³/mol. The van der Waals surface area contributed by atoms with Crippen molar-refractivity contribution in [3.8, 4) is 17.2 Å². The van der Waals surface area contributed by atoms with E-state index >= 15 is 0 Å². The third kappa shape index (κ3) is 6.35. The zero-order valence-corrected chi connectivity index (χ0v) is 27.7. The van der Waals surface area contributed by atoms with Crippen molar-refractivity contribution in [2.75, 3.05) is 0 Å². The summed E-state index contributed by atoms with van der Waals surface area (Å²) in [6.07, 6.45) is 3.23. The van der Waals surface area contributed by atoms with Crippen LogP contribution in [0.1, 0.15) is 123 Å². The Morgan fingerprint density at radius 3 is 1.64 bits per heavy atom. The van der Waals surface area contributed by atoms with Gasteiger partial charge in [-0.3, -0.25) is 0 Å². The zero-order chi connectivity index (χ0) is 31.3. The monoisotopic (exact) mass is 569 g/mol. The summed E-state index contributed by atoms with van der Waals surface area (Å²) in [7, 11) is 0. The fourth-order valence-electron chi connectivity index (χ4n) is 6.09. The Morgan fingerprint density at radius 2 is 1.14 bits per heavy atom. The largest absolute Gasteiger partial charge is 0.507 e. The van der Waals surface area contributed by atoms with Crippen LogP contribution in [0.4, 0.5) is 0 Å². The summed E-state index contributed by atoms with van der Waals surface area (Å²) in [5.41, 5.74) is 6.66. The van der Waals surface area contributed by atoms with Crippen molar-refractivity contribution in [3.63, 3.8) is 0 Å². The molecule has 0 radical (unpaired) electrons. The van der Waals surface area contributed by atoms with Crippen molar-refractivity contribution < 1.29 is 10.2 Å². The molecule has 226 valence electrons. The Hall–Kier alpha value is -3.34. The van der Waals surface area contributed by atoms with Gasteiger partial charge >= 0.3 is 0 Å². The van der Waals surface area contributed by atoms with E-state index in [0.29, 0.717) is 17.9 Å². The van der Waals surface area contributed by atoms with Gasteiger partial charge in [-0.15, -0.1) is 15.0 Å². The Morgan fingerprint density at radius 1 is 0.643 bits per heavy atom. The Balaban J connectivity index is 1.96. The third-order valence-electron chi connectivity index (χ3n) is 9.27. The van der Waals surface area contributed by atoms with E-state index in [9.17, 15) is 10.2 Å². The second-order valence-electron chi connectivity index (χ2n) is 15.3. The first-order valence-electron chi connectivity index (χ1n) is 15.4. The van der Waals surface area contributed by atoms with E-state index in [2.05, 4.69) is 94.4 Å². The van der Waals surface area contributed by atoms with Gasteiger partial charge in [0, 0.05) is 17.5 Å². The highest BCUT2D eigenvalue weighted by molar-refractivity contribution is 5.74. The average Bonchev–Trinajstić information content (AvgIpc) is 3.33. The van der Waals surface area contributed by atoms with Gasteiger partial charge in [-0.2, -0.15) is 0 Å². The van der Waals surface area contributed by atoms with Crippen LogP contribution in [0.3, 0.4) is 0 Å². The Labute approximate surface area is 253 Å². The molecule has 3 aromatic carbocycles. The molecule has 0 aliphatic rings. The summed E-state index contributed by atoms with van der Waals surface area (Å²) < 4.78 is 0. The number of fused-ring (bicyclic) bond motifs is 1. The van der Waals surface area contributed by atoms with Gasteiger partial charge in [0.05, 0.1) is 0 Å². The smallest absolute Gasteiger partial charge is 0.146 e. The van der Waals surface area contributed by atoms with Gasteiger partial charge in [0.25, 0.3) is 0 Å². The third-order valence-corrected chi connectivity index (χ3v) is 9.27. The maximum Gasteiger partial charge on any atom is 0.146 e. The van der Waals surface area contributed by atoms with Crippen LogP contribution in [-0.4, -0.2) is 25.2 Å². The molecular weight excluding hydrogens is 518 g/mol. The van der Waals surface area contributed by atoms with E-state index in [-0.39, 0.29) is 27.4 Å². The predicted octanol–water partition coefficient (Wildman–Crippen LogP) is 9.51. The van der Waals surface area contributed by atoms with Crippen molar-refractivity contribution >= 4 is 11.0 Å². The summed E-state index contributed by atoms with van der Waals surface area (Å²) in [4.78, 5) is 1.56. The van der Waals surface area contributed by atoms with Crippen LogP contribution in [0.5, 0.6) is 11.5 Å². The van der Waals surface area contributed by atoms with Crippen molar-refractivity contribution in [2.45, 2.75) is 118 Å². The molecule has 1 heterocycles. The molecule has 4 aromatic rings. The van der Waals surface area contributed by atoms with E-state index in [0.717, 1.165) is 52.5 Å². The first-order chi connectivity index (χ1) is 19.4. The highest BCUT2D eigenvalue weighted by Crippen LogP contribution is 2.44. The summed E-state index contributed by atoms with van der Waals surface area (Å²) in [6, 6.07) is 16.2. The molecule has 0 amide bonds. The van der Waals surface area contributed by atoms with Gasteiger partial charge in [-0.05, 0) is 75.8 Å². The fraction of sp³-hybridized carbons (Fsp3) is 0.514. The number of aromatic nitrogens is 3. The zero-order valence-electron chi connectivity index (χ0n) is 27.7. The van der Waals surface area contributed by atoms with Crippen LogP contribution >= 0.6 is 0 Å². The molecule has 0 fully saturated rings. The minimum absolute atomic E-state index is 0.0517. The number of hydrogen-bond acceptors (Lipinski definition) is 4. The molecule has 0 saturated heterocycles. The van der Waals surface area contributed by atoms with E-state index in [1.165, 1.54) is 5.56 Å². The van der Waals surface area contributed by atoms with E-state index in [1.54, 1.807) is 4.80 Å². The lowest BCUT2D eigenvalue weighted by Gasteiger charge is -2.34. The van der Waals surface area contributed by atoms with Crippen molar-refractivity contribution in [2.24, 2.45) is 5.41 Å². The number of phenols is 2. The van der Waals surface area contributed by atoms with Crippen molar-refractivity contribution in [3.05, 3.63) is 76.3 Å². The molecule has 0 spiro atoms. The quantitative estimate of drug-likeness (QED) is 0.211. The van der Waals surface area contributed by atoms with Gasteiger partial charge in [0.15, 0.2) is 0 Å². The summed E-state index contributed by atoms with van der Waals surface area (Å²) in [6.45, 7) is 24.5. The van der Waals surface area contributed by atoms with Crippen molar-refractivity contribution in [1.82, 2.24) is 15.0 Å². The molecule has 0 atom stereocenters. The van der Waals surface area contributed by atoms with E-state index in [1.807, 2.05) is 30.3 Å². The molecule has 2 N–H and O–H groups in total.